The summed E-state index contributed by atoms with van der Waals surface area (Å²) in [6.07, 6.45) is 0. The average molecular weight is 446 g/mol. The molecule has 5 rings (SSSR count). The monoisotopic (exact) mass is 445 g/mol. The molecule has 0 fully saturated rings. The van der Waals surface area contributed by atoms with Crippen LogP contribution in [0.25, 0.3) is 11.4 Å². The van der Waals surface area contributed by atoms with Gasteiger partial charge in [0.05, 0.1) is 18.4 Å². The minimum atomic E-state index is -0.0304. The Balaban J connectivity index is 1.37. The molecule has 1 aliphatic rings. The van der Waals surface area contributed by atoms with E-state index < -0.39 is 0 Å². The van der Waals surface area contributed by atoms with E-state index in [4.69, 9.17) is 14.0 Å². The van der Waals surface area contributed by atoms with Gasteiger partial charge in [0.2, 0.25) is 5.82 Å². The van der Waals surface area contributed by atoms with E-state index in [0.717, 1.165) is 26.8 Å². The Morgan fingerprint density at radius 2 is 1.78 bits per heavy atom. The fraction of sp³-hybridized carbons (Fsp3) is 0.125. The number of carbonyl (C=O) groups excluding carboxylic acids is 1. The highest BCUT2D eigenvalue weighted by Crippen LogP contribution is 2.42. The van der Waals surface area contributed by atoms with E-state index in [1.54, 1.807) is 30.8 Å². The normalized spacial score (nSPS) is 12.7. The van der Waals surface area contributed by atoms with Crippen LogP contribution < -0.4 is 14.4 Å². The highest BCUT2D eigenvalue weighted by Gasteiger charge is 2.25. The first-order valence-electron chi connectivity index (χ1n) is 9.91. The Morgan fingerprint density at radius 1 is 1.00 bits per heavy atom. The van der Waals surface area contributed by atoms with Crippen molar-refractivity contribution >= 4 is 23.4 Å². The van der Waals surface area contributed by atoms with Crippen molar-refractivity contribution in [2.75, 3.05) is 19.1 Å². The molecular weight excluding hydrogens is 426 g/mol. The van der Waals surface area contributed by atoms with Crippen molar-refractivity contribution in [2.45, 2.75) is 16.4 Å². The summed E-state index contributed by atoms with van der Waals surface area (Å²) in [5.74, 6) is 2.24. The number of hydrogen-bond acceptors (Lipinski definition) is 7. The molecule has 8 heteroatoms. The first-order valence-corrected chi connectivity index (χ1v) is 10.7. The van der Waals surface area contributed by atoms with Crippen LogP contribution in [0.3, 0.4) is 0 Å². The third-order valence-electron chi connectivity index (χ3n) is 5.11. The van der Waals surface area contributed by atoms with Crippen LogP contribution in [-0.4, -0.2) is 30.2 Å². The number of carbonyl (C=O) groups is 1. The van der Waals surface area contributed by atoms with Gasteiger partial charge < -0.3 is 18.9 Å². The number of aromatic nitrogens is 2. The zero-order valence-corrected chi connectivity index (χ0v) is 18.3. The van der Waals surface area contributed by atoms with Crippen molar-refractivity contribution in [3.63, 3.8) is 0 Å². The second-order valence-corrected chi connectivity index (χ2v) is 8.20. The Labute approximate surface area is 189 Å². The molecule has 0 radical (unpaired) electrons. The number of amides is 1. The SMILES string of the molecule is COc1ccc(OCc2nc(-c3ccc4c(c3)Sc3ccccc3C(=O)N4C)no2)cc1. The molecule has 0 aliphatic carbocycles. The lowest BCUT2D eigenvalue weighted by atomic mass is 10.1. The van der Waals surface area contributed by atoms with Crippen LogP contribution in [0, 0.1) is 0 Å². The molecular formula is C24H19N3O4S. The van der Waals surface area contributed by atoms with Gasteiger partial charge in [0.15, 0.2) is 6.61 Å². The number of fused-ring (bicyclic) bond motifs is 2. The second-order valence-electron chi connectivity index (χ2n) is 7.12. The largest absolute Gasteiger partial charge is 0.497 e. The summed E-state index contributed by atoms with van der Waals surface area (Å²) in [5.41, 5.74) is 2.33. The third-order valence-corrected chi connectivity index (χ3v) is 6.23. The van der Waals surface area contributed by atoms with Crippen LogP contribution in [0.15, 0.2) is 81.0 Å². The van der Waals surface area contributed by atoms with Crippen molar-refractivity contribution in [3.05, 3.63) is 78.2 Å². The van der Waals surface area contributed by atoms with Crippen molar-refractivity contribution in [2.24, 2.45) is 0 Å². The minimum absolute atomic E-state index is 0.0304. The molecule has 1 amide bonds. The molecule has 3 aromatic carbocycles. The quantitative estimate of drug-likeness (QED) is 0.425. The molecule has 4 aromatic rings. The van der Waals surface area contributed by atoms with Gasteiger partial charge in [-0.3, -0.25) is 4.79 Å². The lowest BCUT2D eigenvalue weighted by Crippen LogP contribution is -2.25. The van der Waals surface area contributed by atoms with E-state index in [9.17, 15) is 4.79 Å². The molecule has 32 heavy (non-hydrogen) atoms. The molecule has 160 valence electrons. The van der Waals surface area contributed by atoms with Crippen molar-refractivity contribution in [1.82, 2.24) is 10.1 Å². The average Bonchev–Trinajstić information content (AvgIpc) is 3.28. The van der Waals surface area contributed by atoms with Gasteiger partial charge >= 0.3 is 0 Å². The molecule has 1 aliphatic heterocycles. The van der Waals surface area contributed by atoms with Gasteiger partial charge in [-0.25, -0.2) is 0 Å². The molecule has 0 unspecified atom stereocenters. The fourth-order valence-electron chi connectivity index (χ4n) is 3.40. The number of methoxy groups -OCH3 is 1. The van der Waals surface area contributed by atoms with E-state index in [0.29, 0.717) is 23.0 Å². The van der Waals surface area contributed by atoms with E-state index >= 15 is 0 Å². The van der Waals surface area contributed by atoms with Gasteiger partial charge in [-0.05, 0) is 54.6 Å². The molecule has 7 nitrogen and oxygen atoms in total. The summed E-state index contributed by atoms with van der Waals surface area (Å²) >= 11 is 1.55. The predicted octanol–water partition coefficient (Wildman–Crippen LogP) is 5.07. The van der Waals surface area contributed by atoms with Crippen molar-refractivity contribution in [3.8, 4) is 22.9 Å². The Hall–Kier alpha value is -3.78. The van der Waals surface area contributed by atoms with Gasteiger partial charge in [0.1, 0.15) is 11.5 Å². The second kappa shape index (κ2) is 8.39. The van der Waals surface area contributed by atoms with Gasteiger partial charge in [0, 0.05) is 22.4 Å². The third kappa shape index (κ3) is 3.80. The topological polar surface area (TPSA) is 77.7 Å². The van der Waals surface area contributed by atoms with E-state index in [1.807, 2.05) is 66.7 Å². The predicted molar refractivity (Wildman–Crippen MR) is 120 cm³/mol. The highest BCUT2D eigenvalue weighted by molar-refractivity contribution is 7.99. The maximum Gasteiger partial charge on any atom is 0.264 e. The zero-order valence-electron chi connectivity index (χ0n) is 17.4. The Kier molecular flexibility index (Phi) is 5.28. The summed E-state index contributed by atoms with van der Waals surface area (Å²) in [4.78, 5) is 20.8. The molecule has 0 bridgehead atoms. The van der Waals surface area contributed by atoms with Crippen LogP contribution in [-0.2, 0) is 6.61 Å². The number of ether oxygens (including phenoxy) is 2. The van der Waals surface area contributed by atoms with E-state index in [2.05, 4.69) is 10.1 Å². The number of rotatable bonds is 5. The zero-order chi connectivity index (χ0) is 22.1. The standard InChI is InChI=1S/C24H19N3O4S/c1-27-19-12-7-15(13-21(19)32-20-6-4-3-5-18(20)24(27)28)23-25-22(31-26-23)14-30-17-10-8-16(29-2)9-11-17/h3-13H,14H2,1-2H3. The maximum atomic E-state index is 12.8. The number of nitrogens with zero attached hydrogens (tertiary/aromatic N) is 3. The van der Waals surface area contributed by atoms with Gasteiger partial charge in [-0.1, -0.05) is 29.1 Å². The minimum Gasteiger partial charge on any atom is -0.497 e. The number of anilines is 1. The van der Waals surface area contributed by atoms with Gasteiger partial charge in [-0.2, -0.15) is 4.98 Å². The maximum absolute atomic E-state index is 12.8. The van der Waals surface area contributed by atoms with Crippen LogP contribution in [0.5, 0.6) is 11.5 Å². The van der Waals surface area contributed by atoms with E-state index in [1.165, 1.54) is 0 Å². The Bertz CT molecular complexity index is 1290. The lowest BCUT2D eigenvalue weighted by Gasteiger charge is -2.17. The summed E-state index contributed by atoms with van der Waals surface area (Å²) in [7, 11) is 3.40. The van der Waals surface area contributed by atoms with Crippen molar-refractivity contribution in [1.29, 1.82) is 0 Å². The fourth-order valence-corrected chi connectivity index (χ4v) is 4.54. The smallest absolute Gasteiger partial charge is 0.264 e. The van der Waals surface area contributed by atoms with Crippen LogP contribution >= 0.6 is 11.8 Å². The molecule has 0 N–H and O–H groups in total. The van der Waals surface area contributed by atoms with Crippen molar-refractivity contribution < 1.29 is 18.8 Å². The highest BCUT2D eigenvalue weighted by atomic mass is 32.2. The molecule has 0 atom stereocenters. The molecule has 1 aromatic heterocycles. The molecule has 2 heterocycles. The number of hydrogen-bond donors (Lipinski definition) is 0. The first-order chi connectivity index (χ1) is 15.6. The Morgan fingerprint density at radius 3 is 2.59 bits per heavy atom. The molecule has 0 saturated heterocycles. The van der Waals surface area contributed by atoms with Crippen LogP contribution in [0.2, 0.25) is 0 Å². The van der Waals surface area contributed by atoms with Gasteiger partial charge in [-0.15, -0.1) is 0 Å². The summed E-state index contributed by atoms with van der Waals surface area (Å²) in [5, 5.41) is 4.10. The molecule has 0 spiro atoms. The lowest BCUT2D eigenvalue weighted by molar-refractivity contribution is 0.0990. The van der Waals surface area contributed by atoms with Crippen LogP contribution in [0.1, 0.15) is 16.2 Å². The first kappa shape index (κ1) is 20.1. The summed E-state index contributed by atoms with van der Waals surface area (Å²) < 4.78 is 16.2. The summed E-state index contributed by atoms with van der Waals surface area (Å²) in [6.45, 7) is 0.156. The number of benzene rings is 3. The summed E-state index contributed by atoms with van der Waals surface area (Å²) in [6, 6.07) is 20.7. The molecule has 0 saturated carbocycles. The van der Waals surface area contributed by atoms with Crippen LogP contribution in [0.4, 0.5) is 5.69 Å². The van der Waals surface area contributed by atoms with Gasteiger partial charge in [0.25, 0.3) is 11.8 Å². The van der Waals surface area contributed by atoms with E-state index in [-0.39, 0.29) is 12.5 Å².